The van der Waals surface area contributed by atoms with Gasteiger partial charge in [0.2, 0.25) is 0 Å². The highest BCUT2D eigenvalue weighted by molar-refractivity contribution is 5.66. The van der Waals surface area contributed by atoms with Crippen molar-refractivity contribution < 1.29 is 14.2 Å². The van der Waals surface area contributed by atoms with Crippen LogP contribution < -0.4 is 9.47 Å². The number of hydrogen-bond acceptors (Lipinski definition) is 5. The predicted octanol–water partition coefficient (Wildman–Crippen LogP) is 3.59. The Balaban J connectivity index is 1.69. The van der Waals surface area contributed by atoms with E-state index in [9.17, 15) is 0 Å². The first-order chi connectivity index (χ1) is 13.3. The van der Waals surface area contributed by atoms with Gasteiger partial charge in [-0.1, -0.05) is 0 Å². The van der Waals surface area contributed by atoms with Crippen LogP contribution in [0.25, 0.3) is 16.9 Å². The lowest BCUT2D eigenvalue weighted by atomic mass is 10.1. The zero-order chi connectivity index (χ0) is 18.6. The van der Waals surface area contributed by atoms with Crippen LogP contribution >= 0.6 is 0 Å². The van der Waals surface area contributed by atoms with E-state index < -0.39 is 0 Å². The molecule has 1 fully saturated rings. The molecule has 1 atom stereocenters. The average Bonchev–Trinajstić information content (AvgIpc) is 3.40. The molecule has 2 heterocycles. The molecule has 27 heavy (non-hydrogen) atoms. The zero-order valence-electron chi connectivity index (χ0n) is 15.0. The Morgan fingerprint density at radius 1 is 1.15 bits per heavy atom. The summed E-state index contributed by atoms with van der Waals surface area (Å²) < 4.78 is 18.8. The highest BCUT2D eigenvalue weighted by Gasteiger charge is 2.20. The van der Waals surface area contributed by atoms with Gasteiger partial charge in [-0.15, -0.1) is 0 Å². The fraction of sp³-hybridized carbons (Fsp3) is 0.238. The van der Waals surface area contributed by atoms with Gasteiger partial charge in [0.15, 0.2) is 11.5 Å². The van der Waals surface area contributed by atoms with Gasteiger partial charge in [0.05, 0.1) is 49.5 Å². The summed E-state index contributed by atoms with van der Waals surface area (Å²) in [6.07, 6.45) is 2.66. The van der Waals surface area contributed by atoms with Crippen molar-refractivity contribution in [2.45, 2.75) is 12.5 Å². The second kappa shape index (κ2) is 7.52. The minimum absolute atomic E-state index is 0.0394. The van der Waals surface area contributed by atoms with E-state index in [-0.39, 0.29) is 6.10 Å². The first kappa shape index (κ1) is 17.1. The maximum absolute atomic E-state index is 8.98. The molecule has 3 aromatic rings. The Labute approximate surface area is 157 Å². The van der Waals surface area contributed by atoms with Crippen LogP contribution in [0, 0.1) is 11.3 Å². The fourth-order valence-corrected chi connectivity index (χ4v) is 3.12. The van der Waals surface area contributed by atoms with E-state index in [1.807, 2.05) is 41.1 Å². The van der Waals surface area contributed by atoms with Gasteiger partial charge in [0.25, 0.3) is 0 Å². The van der Waals surface area contributed by atoms with E-state index in [1.165, 1.54) is 0 Å². The monoisotopic (exact) mass is 361 g/mol. The molecule has 4 rings (SSSR count). The Hall–Kier alpha value is -3.30. The maximum Gasteiger partial charge on any atom is 0.162 e. The first-order valence-electron chi connectivity index (χ1n) is 8.76. The van der Waals surface area contributed by atoms with Crippen molar-refractivity contribution in [3.05, 3.63) is 60.3 Å². The second-order valence-electron chi connectivity index (χ2n) is 6.26. The normalized spacial score (nSPS) is 16.1. The number of ether oxygens (including phenoxy) is 3. The van der Waals surface area contributed by atoms with Crippen LogP contribution in [0.3, 0.4) is 0 Å². The first-order valence-corrected chi connectivity index (χ1v) is 8.76. The largest absolute Gasteiger partial charge is 0.493 e. The van der Waals surface area contributed by atoms with Crippen LogP contribution in [-0.2, 0) is 4.74 Å². The van der Waals surface area contributed by atoms with Crippen molar-refractivity contribution in [3.8, 4) is 34.5 Å². The molecule has 0 amide bonds. The van der Waals surface area contributed by atoms with E-state index in [0.29, 0.717) is 23.7 Å². The third-order valence-corrected chi connectivity index (χ3v) is 4.52. The Morgan fingerprint density at radius 3 is 2.70 bits per heavy atom. The van der Waals surface area contributed by atoms with Crippen LogP contribution in [0.15, 0.2) is 54.7 Å². The molecule has 2 aromatic carbocycles. The number of nitrogens with zero attached hydrogens (tertiary/aromatic N) is 3. The summed E-state index contributed by atoms with van der Waals surface area (Å²) in [5.41, 5.74) is 3.39. The highest BCUT2D eigenvalue weighted by Crippen LogP contribution is 2.34. The van der Waals surface area contributed by atoms with Crippen LogP contribution in [-0.4, -0.2) is 36.2 Å². The average molecular weight is 361 g/mol. The van der Waals surface area contributed by atoms with Crippen molar-refractivity contribution in [1.29, 1.82) is 5.26 Å². The minimum Gasteiger partial charge on any atom is -0.493 e. The molecule has 1 aliphatic rings. The molecular weight excluding hydrogens is 342 g/mol. The number of benzene rings is 2. The summed E-state index contributed by atoms with van der Waals surface area (Å²) in [7, 11) is 1.63. The summed E-state index contributed by atoms with van der Waals surface area (Å²) >= 11 is 0. The topological polar surface area (TPSA) is 69.3 Å². The molecule has 0 N–H and O–H groups in total. The number of rotatable bonds is 5. The minimum atomic E-state index is 0.0394. The van der Waals surface area contributed by atoms with Gasteiger partial charge >= 0.3 is 0 Å². The van der Waals surface area contributed by atoms with Crippen LogP contribution in [0.2, 0.25) is 0 Å². The third-order valence-electron chi connectivity index (χ3n) is 4.52. The van der Waals surface area contributed by atoms with Crippen molar-refractivity contribution in [2.75, 3.05) is 20.3 Å². The van der Waals surface area contributed by atoms with Crippen LogP contribution in [0.5, 0.6) is 11.5 Å². The summed E-state index contributed by atoms with van der Waals surface area (Å²) in [6, 6.07) is 17.2. The quantitative estimate of drug-likeness (QED) is 0.695. The van der Waals surface area contributed by atoms with Crippen LogP contribution in [0.4, 0.5) is 0 Å². The van der Waals surface area contributed by atoms with Crippen molar-refractivity contribution in [2.24, 2.45) is 0 Å². The smallest absolute Gasteiger partial charge is 0.162 e. The molecule has 6 heteroatoms. The lowest BCUT2D eigenvalue weighted by Gasteiger charge is -2.16. The van der Waals surface area contributed by atoms with Gasteiger partial charge in [0.1, 0.15) is 6.10 Å². The molecule has 136 valence electrons. The fourth-order valence-electron chi connectivity index (χ4n) is 3.12. The van der Waals surface area contributed by atoms with Gasteiger partial charge in [-0.05, 0) is 48.5 Å². The van der Waals surface area contributed by atoms with Gasteiger partial charge in [-0.2, -0.15) is 10.4 Å². The standard InChI is InChI=1S/C21H19N3O3/c1-25-20-7-4-16(12-21(20)27-18-9-11-26-14-18)19-8-10-23-24(19)17-5-2-15(13-22)3-6-17/h2-8,10,12,18H,9,11,14H2,1H3. The molecule has 1 unspecified atom stereocenters. The maximum atomic E-state index is 8.98. The van der Waals surface area contributed by atoms with E-state index >= 15 is 0 Å². The molecule has 1 aromatic heterocycles. The zero-order valence-corrected chi connectivity index (χ0v) is 15.0. The summed E-state index contributed by atoms with van der Waals surface area (Å²) in [5, 5.41) is 13.4. The Bertz CT molecular complexity index is 967. The lowest BCUT2D eigenvalue weighted by Crippen LogP contribution is -2.16. The number of hydrogen-bond donors (Lipinski definition) is 0. The van der Waals surface area contributed by atoms with Crippen molar-refractivity contribution in [1.82, 2.24) is 9.78 Å². The molecule has 0 radical (unpaired) electrons. The number of methoxy groups -OCH3 is 1. The number of aromatic nitrogens is 2. The van der Waals surface area contributed by atoms with E-state index in [0.717, 1.165) is 30.0 Å². The van der Waals surface area contributed by atoms with Gasteiger partial charge in [0, 0.05) is 12.0 Å². The molecular formula is C21H19N3O3. The summed E-state index contributed by atoms with van der Waals surface area (Å²) in [4.78, 5) is 0. The molecule has 1 aliphatic heterocycles. The molecule has 0 saturated carbocycles. The molecule has 0 bridgehead atoms. The van der Waals surface area contributed by atoms with Crippen LogP contribution in [0.1, 0.15) is 12.0 Å². The summed E-state index contributed by atoms with van der Waals surface area (Å²) in [6.45, 7) is 1.31. The van der Waals surface area contributed by atoms with Gasteiger partial charge < -0.3 is 14.2 Å². The lowest BCUT2D eigenvalue weighted by molar-refractivity contribution is 0.138. The van der Waals surface area contributed by atoms with Crippen molar-refractivity contribution >= 4 is 0 Å². The van der Waals surface area contributed by atoms with E-state index in [4.69, 9.17) is 19.5 Å². The van der Waals surface area contributed by atoms with Crippen molar-refractivity contribution in [3.63, 3.8) is 0 Å². The molecule has 0 aliphatic carbocycles. The third kappa shape index (κ3) is 3.50. The van der Waals surface area contributed by atoms with E-state index in [1.54, 1.807) is 25.4 Å². The molecule has 0 spiro atoms. The molecule has 1 saturated heterocycles. The van der Waals surface area contributed by atoms with E-state index in [2.05, 4.69) is 11.2 Å². The SMILES string of the molecule is COc1ccc(-c2ccnn2-c2ccc(C#N)cc2)cc1OC1CCOC1. The highest BCUT2D eigenvalue weighted by atomic mass is 16.6. The predicted molar refractivity (Wildman–Crippen MR) is 100 cm³/mol. The second-order valence-corrected chi connectivity index (χ2v) is 6.26. The Kier molecular flexibility index (Phi) is 4.77. The molecule has 6 nitrogen and oxygen atoms in total. The summed E-state index contributed by atoms with van der Waals surface area (Å²) in [5.74, 6) is 1.38. The number of nitriles is 1. The Morgan fingerprint density at radius 2 is 2.00 bits per heavy atom. The van der Waals surface area contributed by atoms with Gasteiger partial charge in [-0.25, -0.2) is 4.68 Å². The van der Waals surface area contributed by atoms with Gasteiger partial charge in [-0.3, -0.25) is 0 Å².